The lowest BCUT2D eigenvalue weighted by Gasteiger charge is -2.35. The second-order valence-corrected chi connectivity index (χ2v) is 16.2. The van der Waals surface area contributed by atoms with E-state index in [1.165, 1.54) is 30.4 Å². The van der Waals surface area contributed by atoms with Crippen LogP contribution < -0.4 is 10.2 Å². The molecule has 2 aliphatic heterocycles. The van der Waals surface area contributed by atoms with Gasteiger partial charge >= 0.3 is 0 Å². The number of thiol groups is 1. The summed E-state index contributed by atoms with van der Waals surface area (Å²) in [4.78, 5) is 18.3. The average Bonchev–Trinajstić information content (AvgIpc) is 3.12. The number of nitrogens with one attached hydrogen (secondary N) is 1. The summed E-state index contributed by atoms with van der Waals surface area (Å²) in [7, 11) is -3.58. The van der Waals surface area contributed by atoms with Crippen molar-refractivity contribution in [2.45, 2.75) is 81.4 Å². The Labute approximate surface area is 300 Å². The van der Waals surface area contributed by atoms with Crippen molar-refractivity contribution in [2.24, 2.45) is 11.8 Å². The summed E-state index contributed by atoms with van der Waals surface area (Å²) in [5.74, 6) is 1.70. The molecular weight excluding hydrogens is 649 g/mol. The van der Waals surface area contributed by atoms with Crippen LogP contribution in [-0.4, -0.2) is 75.9 Å². The molecule has 2 saturated heterocycles. The number of carbonyl (C=O) groups excluding carboxylic acids is 1. The van der Waals surface area contributed by atoms with Gasteiger partial charge in [0, 0.05) is 49.9 Å². The molecule has 2 aliphatic rings. The van der Waals surface area contributed by atoms with Crippen molar-refractivity contribution in [1.29, 1.82) is 0 Å². The van der Waals surface area contributed by atoms with Gasteiger partial charge in [-0.15, -0.1) is 12.6 Å². The lowest BCUT2D eigenvalue weighted by atomic mass is 9.86. The van der Waals surface area contributed by atoms with E-state index in [-0.39, 0.29) is 5.91 Å². The van der Waals surface area contributed by atoms with E-state index in [4.69, 9.17) is 0 Å². The molecular formula is C40H56N4O3S2. The number of amides is 1. The van der Waals surface area contributed by atoms with E-state index in [0.29, 0.717) is 29.3 Å². The molecule has 1 amide bonds. The number of nitrogens with zero attached hydrogens (tertiary/aromatic N) is 3. The number of sulfonamides is 1. The van der Waals surface area contributed by atoms with Gasteiger partial charge in [-0.25, -0.2) is 8.42 Å². The average molecular weight is 705 g/mol. The van der Waals surface area contributed by atoms with E-state index >= 15 is 0 Å². The molecule has 0 unspecified atom stereocenters. The number of anilines is 1. The maximum Gasteiger partial charge on any atom is 0.244 e. The molecule has 9 heteroatoms. The molecule has 3 aromatic rings. The molecule has 0 atom stereocenters. The van der Waals surface area contributed by atoms with Crippen LogP contribution in [-0.2, 0) is 21.2 Å². The number of hydrogen-bond acceptors (Lipinski definition) is 6. The molecule has 0 bridgehead atoms. The third-order valence-electron chi connectivity index (χ3n) is 10.5. The molecule has 2 fully saturated rings. The summed E-state index contributed by atoms with van der Waals surface area (Å²) in [5, 5.41) is 3.26. The summed E-state index contributed by atoms with van der Waals surface area (Å²) in [6.45, 7) is 10.3. The van der Waals surface area contributed by atoms with Crippen molar-refractivity contribution in [1.82, 2.24) is 14.5 Å². The van der Waals surface area contributed by atoms with Gasteiger partial charge in [-0.1, -0.05) is 87.7 Å². The van der Waals surface area contributed by atoms with Crippen molar-refractivity contribution >= 4 is 34.2 Å². The smallest absolute Gasteiger partial charge is 0.244 e. The van der Waals surface area contributed by atoms with Crippen LogP contribution in [0.2, 0.25) is 0 Å². The second-order valence-electron chi connectivity index (χ2n) is 13.8. The van der Waals surface area contributed by atoms with Gasteiger partial charge in [0.2, 0.25) is 15.9 Å². The van der Waals surface area contributed by atoms with Gasteiger partial charge < -0.3 is 15.1 Å². The first-order chi connectivity index (χ1) is 23.8. The first-order valence-corrected chi connectivity index (χ1v) is 20.4. The van der Waals surface area contributed by atoms with Crippen LogP contribution in [0.25, 0.3) is 11.1 Å². The Bertz CT molecular complexity index is 1570. The first kappa shape index (κ1) is 37.4. The van der Waals surface area contributed by atoms with Crippen molar-refractivity contribution < 1.29 is 13.2 Å². The van der Waals surface area contributed by atoms with Crippen LogP contribution >= 0.6 is 12.6 Å². The van der Waals surface area contributed by atoms with Crippen molar-refractivity contribution in [3.63, 3.8) is 0 Å². The van der Waals surface area contributed by atoms with E-state index in [1.54, 1.807) is 10.4 Å². The monoisotopic (exact) mass is 704 g/mol. The molecule has 0 saturated carbocycles. The second kappa shape index (κ2) is 18.4. The molecule has 0 aromatic heterocycles. The highest BCUT2D eigenvalue weighted by Gasteiger charge is 2.27. The zero-order valence-corrected chi connectivity index (χ0v) is 31.2. The molecule has 1 N–H and O–H groups in total. The zero-order chi connectivity index (χ0) is 34.6. The van der Waals surface area contributed by atoms with Gasteiger partial charge in [-0.05, 0) is 91.9 Å². The molecule has 266 valence electrons. The Kier molecular flexibility index (Phi) is 14.1. The largest absolute Gasteiger partial charge is 0.371 e. The highest BCUT2D eigenvalue weighted by Crippen LogP contribution is 2.32. The number of piperidine rings is 2. The third-order valence-corrected chi connectivity index (χ3v) is 13.1. The summed E-state index contributed by atoms with van der Waals surface area (Å²) in [5.41, 5.74) is 4.52. The van der Waals surface area contributed by atoms with Gasteiger partial charge in [0.25, 0.3) is 0 Å². The normalized spacial score (nSPS) is 16.4. The Morgan fingerprint density at radius 1 is 0.837 bits per heavy atom. The van der Waals surface area contributed by atoms with Crippen LogP contribution in [0.1, 0.15) is 70.8 Å². The molecule has 3 aromatic carbocycles. The standard InChI is InChI=1S/C40H56N4O3S2/c1-3-41-24-9-25-44(4-2)49(46,47)39-19-18-37(31-38(39)48)42-26-20-32(21-27-42)10-8-11-33-22-28-43(29-23-33)40(45)30-34-14-16-36(17-15-34)35-12-6-5-7-13-35/h5-7,12-19,31-33,41,48H,3-4,8-11,20-30H2,1-2H3. The fourth-order valence-corrected chi connectivity index (χ4v) is 9.55. The van der Waals surface area contributed by atoms with Crippen LogP contribution in [0.5, 0.6) is 0 Å². The number of benzene rings is 3. The molecule has 0 spiro atoms. The molecule has 5 rings (SSSR count). The minimum absolute atomic E-state index is 0.248. The highest BCUT2D eigenvalue weighted by atomic mass is 32.2. The first-order valence-electron chi connectivity index (χ1n) is 18.5. The highest BCUT2D eigenvalue weighted by molar-refractivity contribution is 7.90. The fourth-order valence-electron chi connectivity index (χ4n) is 7.44. The van der Waals surface area contributed by atoms with Crippen molar-refractivity contribution in [3.05, 3.63) is 78.4 Å². The summed E-state index contributed by atoms with van der Waals surface area (Å²) < 4.78 is 28.3. The van der Waals surface area contributed by atoms with E-state index in [9.17, 15) is 13.2 Å². The number of likely N-dealkylation sites (tertiary alicyclic amines) is 1. The van der Waals surface area contributed by atoms with Crippen molar-refractivity contribution in [3.8, 4) is 11.1 Å². The van der Waals surface area contributed by atoms with Gasteiger partial charge in [-0.3, -0.25) is 4.79 Å². The molecule has 0 radical (unpaired) electrons. The number of carbonyl (C=O) groups is 1. The summed E-state index contributed by atoms with van der Waals surface area (Å²) in [6, 6.07) is 24.4. The Morgan fingerprint density at radius 2 is 1.47 bits per heavy atom. The molecule has 0 aliphatic carbocycles. The molecule has 2 heterocycles. The predicted octanol–water partition coefficient (Wildman–Crippen LogP) is 7.52. The topological polar surface area (TPSA) is 73.0 Å². The number of hydrogen-bond donors (Lipinski definition) is 2. The van der Waals surface area contributed by atoms with Crippen molar-refractivity contribution in [2.75, 3.05) is 57.3 Å². The Morgan fingerprint density at radius 3 is 2.08 bits per heavy atom. The maximum absolute atomic E-state index is 13.4. The molecule has 7 nitrogen and oxygen atoms in total. The maximum atomic E-state index is 13.4. The van der Waals surface area contributed by atoms with E-state index in [0.717, 1.165) is 94.5 Å². The van der Waals surface area contributed by atoms with Crippen LogP contribution in [0.15, 0.2) is 82.6 Å². The fraction of sp³-hybridized carbons (Fsp3) is 0.525. The quantitative estimate of drug-likeness (QED) is 0.119. The van der Waals surface area contributed by atoms with Gasteiger partial charge in [0.05, 0.1) is 11.3 Å². The van der Waals surface area contributed by atoms with Gasteiger partial charge in [0.1, 0.15) is 0 Å². The third kappa shape index (κ3) is 10.3. The number of rotatable bonds is 16. The van der Waals surface area contributed by atoms with Crippen LogP contribution in [0.4, 0.5) is 5.69 Å². The van der Waals surface area contributed by atoms with Crippen LogP contribution in [0, 0.1) is 11.8 Å². The lowest BCUT2D eigenvalue weighted by molar-refractivity contribution is -0.131. The predicted molar refractivity (Wildman–Crippen MR) is 205 cm³/mol. The summed E-state index contributed by atoms with van der Waals surface area (Å²) >= 11 is 4.64. The lowest BCUT2D eigenvalue weighted by Crippen LogP contribution is -2.39. The van der Waals surface area contributed by atoms with E-state index < -0.39 is 10.0 Å². The molecule has 49 heavy (non-hydrogen) atoms. The minimum atomic E-state index is -3.58. The summed E-state index contributed by atoms with van der Waals surface area (Å²) in [6.07, 6.45) is 9.59. The van der Waals surface area contributed by atoms with Gasteiger partial charge in [-0.2, -0.15) is 4.31 Å². The SMILES string of the molecule is CCNCCCN(CC)S(=O)(=O)c1ccc(N2CCC(CCCC3CCN(C(=O)Cc4ccc(-c5ccccc5)cc4)CC3)CC2)cc1S. The Balaban J connectivity index is 0.995. The van der Waals surface area contributed by atoms with E-state index in [1.807, 2.05) is 37.3 Å². The van der Waals surface area contributed by atoms with Gasteiger partial charge in [0.15, 0.2) is 0 Å². The van der Waals surface area contributed by atoms with Crippen LogP contribution in [0.3, 0.4) is 0 Å². The zero-order valence-electron chi connectivity index (χ0n) is 29.5. The Hall–Kier alpha value is -2.85. The van der Waals surface area contributed by atoms with E-state index in [2.05, 4.69) is 71.1 Å². The minimum Gasteiger partial charge on any atom is -0.371 e.